The number of rotatable bonds is 8. The van der Waals surface area contributed by atoms with Gasteiger partial charge in [0.05, 0.1) is 22.0 Å². The fourth-order valence-corrected chi connectivity index (χ4v) is 11.7. The van der Waals surface area contributed by atoms with Crippen molar-refractivity contribution in [2.75, 3.05) is 11.9 Å². The Morgan fingerprint density at radius 2 is 0.875 bits per heavy atom. The molecule has 0 heterocycles. The Kier molecular flexibility index (Phi) is 8.68. The van der Waals surface area contributed by atoms with E-state index < -0.39 is 14.5 Å². The van der Waals surface area contributed by atoms with Crippen LogP contribution in [0, 0.1) is 27.2 Å². The third-order valence-electron chi connectivity index (χ3n) is 7.57. The van der Waals surface area contributed by atoms with Gasteiger partial charge in [0.2, 0.25) is 0 Å². The Hall–Kier alpha value is -0.900. The highest BCUT2D eigenvalue weighted by atomic mass is 31.2. The standard InChI is InChI=1S/C29H47NP2/c1-20(2)31(12,21(3)4)28-18-24(9)14-16-26(28)30(11)27-17-15-25(10)19-29(27)32(13,22(5)6)23(7)8/h14-23H,12-13H2,1-11H3. The highest BCUT2D eigenvalue weighted by molar-refractivity contribution is 7.85. The van der Waals surface area contributed by atoms with Crippen molar-refractivity contribution in [1.82, 2.24) is 0 Å². The number of hydrogen-bond donors (Lipinski definition) is 0. The van der Waals surface area contributed by atoms with Crippen LogP contribution in [0.25, 0.3) is 0 Å². The van der Waals surface area contributed by atoms with Gasteiger partial charge in [-0.3, -0.25) is 0 Å². The van der Waals surface area contributed by atoms with E-state index in [1.54, 1.807) is 0 Å². The molecule has 32 heavy (non-hydrogen) atoms. The van der Waals surface area contributed by atoms with Crippen molar-refractivity contribution in [2.24, 2.45) is 0 Å². The average Bonchev–Trinajstić information content (AvgIpc) is 2.71. The van der Waals surface area contributed by atoms with Gasteiger partial charge in [0.15, 0.2) is 0 Å². The summed E-state index contributed by atoms with van der Waals surface area (Å²) in [7, 11) is -0.964. The lowest BCUT2D eigenvalue weighted by Gasteiger charge is -2.43. The lowest BCUT2D eigenvalue weighted by atomic mass is 10.1. The van der Waals surface area contributed by atoms with Crippen LogP contribution in [0.2, 0.25) is 0 Å². The van der Waals surface area contributed by atoms with Crippen LogP contribution >= 0.6 is 14.5 Å². The monoisotopic (exact) mass is 471 g/mol. The summed E-state index contributed by atoms with van der Waals surface area (Å²) in [4.78, 5) is 2.44. The van der Waals surface area contributed by atoms with Crippen LogP contribution in [0.5, 0.6) is 0 Å². The molecule has 0 spiro atoms. The van der Waals surface area contributed by atoms with E-state index in [9.17, 15) is 0 Å². The molecule has 3 heteroatoms. The molecular formula is C29H47NP2. The Labute approximate surface area is 201 Å². The molecule has 0 N–H and O–H groups in total. The van der Waals surface area contributed by atoms with Crippen LogP contribution in [-0.4, -0.2) is 29.7 Å². The quantitative estimate of drug-likeness (QED) is 0.275. The smallest absolute Gasteiger partial charge is 0.0888 e. The molecule has 0 unspecified atom stereocenters. The minimum absolute atomic E-state index is 0.541. The largest absolute Gasteiger partial charge is 0.338 e. The van der Waals surface area contributed by atoms with Crippen molar-refractivity contribution < 1.29 is 0 Å². The van der Waals surface area contributed by atoms with E-state index in [1.807, 2.05) is 0 Å². The molecule has 0 aliphatic carbocycles. The molecule has 0 aromatic heterocycles. The summed E-state index contributed by atoms with van der Waals surface area (Å²) in [6, 6.07) is 14.0. The first-order chi connectivity index (χ1) is 14.7. The molecule has 0 fully saturated rings. The van der Waals surface area contributed by atoms with Crippen LogP contribution in [-0.2, 0) is 0 Å². The van der Waals surface area contributed by atoms with E-state index in [-0.39, 0.29) is 0 Å². The first kappa shape index (κ1) is 27.3. The molecule has 0 aliphatic heterocycles. The molecule has 1 nitrogen and oxygen atoms in total. The third-order valence-corrected chi connectivity index (χ3v) is 17.4. The van der Waals surface area contributed by atoms with Gasteiger partial charge in [-0.1, -0.05) is 26.7 Å². The van der Waals surface area contributed by atoms with Crippen molar-refractivity contribution >= 4 is 36.5 Å². The van der Waals surface area contributed by atoms with Gasteiger partial charge in [-0.15, -0.1) is 0 Å². The normalized spacial score (nSPS) is 13.0. The topological polar surface area (TPSA) is 3.24 Å². The van der Waals surface area contributed by atoms with Crippen molar-refractivity contribution in [3.63, 3.8) is 0 Å². The SMILES string of the molecule is [CH2-][P+](c1cc(C)ccc1N(C)c1ccc(C)cc1[P+]([CH2-])(C(C)C)C(C)C)(C(C)C)C(C)C. The van der Waals surface area contributed by atoms with Gasteiger partial charge in [0, 0.05) is 29.7 Å². The third kappa shape index (κ3) is 4.81. The summed E-state index contributed by atoms with van der Waals surface area (Å²) >= 11 is 0. The van der Waals surface area contributed by atoms with E-state index in [4.69, 9.17) is 13.3 Å². The number of aryl methyl sites for hydroxylation is 2. The van der Waals surface area contributed by atoms with Crippen molar-refractivity contribution in [3.05, 3.63) is 60.9 Å². The van der Waals surface area contributed by atoms with Crippen molar-refractivity contribution in [2.45, 2.75) is 91.9 Å². The van der Waals surface area contributed by atoms with E-state index in [0.29, 0.717) is 22.6 Å². The van der Waals surface area contributed by atoms with Crippen LogP contribution in [0.1, 0.15) is 66.5 Å². The molecule has 0 radical (unpaired) electrons. The average molecular weight is 472 g/mol. The molecule has 0 saturated carbocycles. The van der Waals surface area contributed by atoms with Crippen LogP contribution in [0.15, 0.2) is 36.4 Å². The van der Waals surface area contributed by atoms with Crippen LogP contribution < -0.4 is 15.5 Å². The minimum atomic E-state index is -1.61. The van der Waals surface area contributed by atoms with Gasteiger partial charge < -0.3 is 4.90 Å². The van der Waals surface area contributed by atoms with E-state index >= 15 is 0 Å². The zero-order valence-electron chi connectivity index (χ0n) is 22.5. The summed E-state index contributed by atoms with van der Waals surface area (Å²) in [5.41, 5.74) is 7.42. The van der Waals surface area contributed by atoms with Gasteiger partial charge in [-0.05, 0) is 105 Å². The van der Waals surface area contributed by atoms with Crippen molar-refractivity contribution in [1.29, 1.82) is 0 Å². The fraction of sp³-hybridized carbons (Fsp3) is 0.517. The van der Waals surface area contributed by atoms with E-state index in [2.05, 4.69) is 118 Å². The Bertz CT molecular complexity index is 835. The molecular weight excluding hydrogens is 424 g/mol. The highest BCUT2D eigenvalue weighted by Crippen LogP contribution is 2.67. The minimum Gasteiger partial charge on any atom is -0.338 e. The van der Waals surface area contributed by atoms with Gasteiger partial charge in [-0.2, -0.15) is 13.3 Å². The van der Waals surface area contributed by atoms with E-state index in [1.165, 1.54) is 33.1 Å². The molecule has 2 aromatic rings. The second-order valence-electron chi connectivity index (χ2n) is 10.8. The number of hydrogen-bond acceptors (Lipinski definition) is 1. The number of benzene rings is 2. The Morgan fingerprint density at radius 3 is 1.12 bits per heavy atom. The molecule has 0 saturated heterocycles. The van der Waals surface area contributed by atoms with E-state index in [0.717, 1.165) is 0 Å². The predicted octanol–water partition coefficient (Wildman–Crippen LogP) is 8.57. The Morgan fingerprint density at radius 1 is 0.594 bits per heavy atom. The van der Waals surface area contributed by atoms with Gasteiger partial charge in [0.25, 0.3) is 0 Å². The summed E-state index contributed by atoms with van der Waals surface area (Å²) in [5.74, 6) is 0. The number of anilines is 2. The molecule has 0 bridgehead atoms. The second kappa shape index (κ2) is 10.2. The van der Waals surface area contributed by atoms with Crippen LogP contribution in [0.3, 0.4) is 0 Å². The van der Waals surface area contributed by atoms with Gasteiger partial charge in [-0.25, -0.2) is 0 Å². The summed E-state index contributed by atoms with van der Waals surface area (Å²) < 4.78 is 0. The molecule has 0 aliphatic rings. The predicted molar refractivity (Wildman–Crippen MR) is 155 cm³/mol. The lowest BCUT2D eigenvalue weighted by Crippen LogP contribution is -2.32. The molecule has 178 valence electrons. The van der Waals surface area contributed by atoms with Gasteiger partial charge >= 0.3 is 0 Å². The van der Waals surface area contributed by atoms with Crippen molar-refractivity contribution in [3.8, 4) is 0 Å². The maximum absolute atomic E-state index is 4.94. The fourth-order valence-electron chi connectivity index (χ4n) is 4.94. The molecule has 2 rings (SSSR count). The van der Waals surface area contributed by atoms with Gasteiger partial charge in [0.1, 0.15) is 0 Å². The molecule has 0 atom stereocenters. The summed E-state index contributed by atoms with van der Waals surface area (Å²) in [5, 5.41) is 2.91. The highest BCUT2D eigenvalue weighted by Gasteiger charge is 2.40. The summed E-state index contributed by atoms with van der Waals surface area (Å²) in [6.07, 6.45) is 0. The lowest BCUT2D eigenvalue weighted by molar-refractivity contribution is 1.00. The number of nitrogens with zero attached hydrogens (tertiary/aromatic N) is 1. The first-order valence-electron chi connectivity index (χ1n) is 12.1. The summed E-state index contributed by atoms with van der Waals surface area (Å²) in [6.45, 7) is 33.1. The first-order valence-corrected chi connectivity index (χ1v) is 16.3. The Balaban J connectivity index is 2.83. The van der Waals surface area contributed by atoms with Crippen LogP contribution in [0.4, 0.5) is 11.4 Å². The zero-order valence-corrected chi connectivity index (χ0v) is 24.3. The molecule has 0 amide bonds. The zero-order chi connectivity index (χ0) is 24.6. The maximum atomic E-state index is 4.94. The second-order valence-corrected chi connectivity index (χ2v) is 19.6. The molecule has 2 aromatic carbocycles. The maximum Gasteiger partial charge on any atom is 0.0888 e.